The lowest BCUT2D eigenvalue weighted by Crippen LogP contribution is -2.51. The second-order valence-corrected chi connectivity index (χ2v) is 11.0. The van der Waals surface area contributed by atoms with Crippen LogP contribution in [0.3, 0.4) is 0 Å². The van der Waals surface area contributed by atoms with Crippen LogP contribution in [-0.4, -0.2) is 77.1 Å². The van der Waals surface area contributed by atoms with E-state index < -0.39 is 17.5 Å². The Hall–Kier alpha value is -4.96. The van der Waals surface area contributed by atoms with E-state index in [2.05, 4.69) is 40.1 Å². The van der Waals surface area contributed by atoms with Gasteiger partial charge in [-0.15, -0.1) is 0 Å². The van der Waals surface area contributed by atoms with E-state index in [0.717, 1.165) is 61.4 Å². The molecule has 0 saturated carbocycles. The van der Waals surface area contributed by atoms with Crippen molar-refractivity contribution in [2.24, 2.45) is 0 Å². The smallest absolute Gasteiger partial charge is 0.328 e. The van der Waals surface area contributed by atoms with Crippen LogP contribution in [0.2, 0.25) is 0 Å². The fourth-order valence-corrected chi connectivity index (χ4v) is 5.83. The number of amides is 1. The van der Waals surface area contributed by atoms with Gasteiger partial charge in [0.25, 0.3) is 5.91 Å². The van der Waals surface area contributed by atoms with E-state index in [1.54, 1.807) is 0 Å². The fourth-order valence-electron chi connectivity index (χ4n) is 5.83. The Bertz CT molecular complexity index is 1490. The molecule has 0 aromatic heterocycles. The number of piperidine rings is 1. The lowest BCUT2D eigenvalue weighted by atomic mass is 9.84. The molecule has 3 aromatic carbocycles. The minimum absolute atomic E-state index is 0.0454. The molecule has 236 valence electrons. The number of rotatable bonds is 9. The minimum Gasteiger partial charge on any atom is -0.478 e. The summed E-state index contributed by atoms with van der Waals surface area (Å²) in [6.07, 6.45) is 2.85. The van der Waals surface area contributed by atoms with Crippen molar-refractivity contribution in [1.29, 1.82) is 0 Å². The Morgan fingerprint density at radius 1 is 0.844 bits per heavy atom. The number of hydrogen-bond donors (Lipinski definition) is 2. The minimum atomic E-state index is -1.26. The number of nitrogens with zero attached hydrogens (tertiary/aromatic N) is 3. The maximum Gasteiger partial charge on any atom is 0.328 e. The van der Waals surface area contributed by atoms with E-state index in [4.69, 9.17) is 14.9 Å². The van der Waals surface area contributed by atoms with Gasteiger partial charge >= 0.3 is 17.9 Å². The number of para-hydroxylation sites is 1. The summed E-state index contributed by atoms with van der Waals surface area (Å²) in [7, 11) is 1.89. The molecule has 2 heterocycles. The third-order valence-corrected chi connectivity index (χ3v) is 8.11. The summed E-state index contributed by atoms with van der Waals surface area (Å²) in [6.45, 7) is 5.16. The van der Waals surface area contributed by atoms with E-state index in [-0.39, 0.29) is 18.0 Å². The number of aliphatic carboxylic acids is 2. The normalized spacial score (nSPS) is 17.6. The highest BCUT2D eigenvalue weighted by Crippen LogP contribution is 2.39. The average Bonchev–Trinajstić information content (AvgIpc) is 3.06. The van der Waals surface area contributed by atoms with E-state index in [1.807, 2.05) is 73.5 Å². The Labute approximate surface area is 263 Å². The SMILES string of the molecule is CCC(=O)OC1(c2ccccc2)CCN(CCN2c3ccccc3C(=O)N(C)C2c2ccccc2)CC1.O=C(O)/C=C\C(=O)O. The highest BCUT2D eigenvalue weighted by molar-refractivity contribution is 6.02. The topological polar surface area (TPSA) is 128 Å². The fraction of sp³-hybridized carbons (Fsp3) is 0.314. The molecule has 3 aromatic rings. The quantitative estimate of drug-likeness (QED) is 0.255. The van der Waals surface area contributed by atoms with Gasteiger partial charge in [-0.05, 0) is 23.3 Å². The van der Waals surface area contributed by atoms with Gasteiger partial charge in [-0.25, -0.2) is 9.59 Å². The molecule has 1 atom stereocenters. The molecule has 10 nitrogen and oxygen atoms in total. The van der Waals surface area contributed by atoms with Gasteiger partial charge in [0.1, 0.15) is 11.8 Å². The predicted octanol–water partition coefficient (Wildman–Crippen LogP) is 4.93. The number of hydrogen-bond acceptors (Lipinski definition) is 7. The second kappa shape index (κ2) is 15.2. The van der Waals surface area contributed by atoms with Crippen molar-refractivity contribution in [3.63, 3.8) is 0 Å². The number of anilines is 1. The first-order valence-electron chi connectivity index (χ1n) is 15.0. The van der Waals surface area contributed by atoms with Crippen molar-refractivity contribution in [3.8, 4) is 0 Å². The van der Waals surface area contributed by atoms with Gasteiger partial charge in [-0.3, -0.25) is 9.59 Å². The molecule has 0 spiro atoms. The van der Waals surface area contributed by atoms with Crippen molar-refractivity contribution in [2.75, 3.05) is 38.1 Å². The zero-order valence-corrected chi connectivity index (χ0v) is 25.5. The second-order valence-electron chi connectivity index (χ2n) is 11.0. The maximum atomic E-state index is 13.2. The van der Waals surface area contributed by atoms with E-state index in [0.29, 0.717) is 18.6 Å². The van der Waals surface area contributed by atoms with Gasteiger partial charge in [0.2, 0.25) is 0 Å². The number of ether oxygens (including phenoxy) is 1. The van der Waals surface area contributed by atoms with Gasteiger partial charge in [-0.2, -0.15) is 0 Å². The average molecular weight is 614 g/mol. The number of esters is 1. The lowest BCUT2D eigenvalue weighted by molar-refractivity contribution is -0.166. The third kappa shape index (κ3) is 8.16. The number of carboxylic acid groups (broad SMARTS) is 2. The molecule has 2 aliphatic heterocycles. The standard InChI is InChI=1S/C31H35N3O3.C4H4O4/c1-3-28(35)37-31(25-14-8-5-9-15-25)18-20-33(21-19-31)22-23-34-27-17-11-10-16-26(27)30(36)32(2)29(34)24-12-6-4-7-13-24;5-3(6)1-2-4(7)8/h4-17,29H,3,18-23H2,1-2H3;1-2H,(H,5,6)(H,7,8)/b;2-1-. The molecule has 2 N–H and O–H groups in total. The summed E-state index contributed by atoms with van der Waals surface area (Å²) in [5, 5.41) is 15.6. The summed E-state index contributed by atoms with van der Waals surface area (Å²) < 4.78 is 6.08. The lowest BCUT2D eigenvalue weighted by Gasteiger charge is -2.46. The van der Waals surface area contributed by atoms with Gasteiger partial charge in [0.05, 0.1) is 11.3 Å². The molecule has 1 amide bonds. The summed E-state index contributed by atoms with van der Waals surface area (Å²) in [4.78, 5) is 51.3. The van der Waals surface area contributed by atoms with Crippen LogP contribution in [0.25, 0.3) is 0 Å². The Morgan fingerprint density at radius 3 is 1.98 bits per heavy atom. The monoisotopic (exact) mass is 613 g/mol. The molecule has 1 unspecified atom stereocenters. The van der Waals surface area contributed by atoms with Crippen molar-refractivity contribution in [3.05, 3.63) is 114 Å². The van der Waals surface area contributed by atoms with Crippen molar-refractivity contribution in [2.45, 2.75) is 38.0 Å². The largest absolute Gasteiger partial charge is 0.478 e. The maximum absolute atomic E-state index is 13.2. The summed E-state index contributed by atoms with van der Waals surface area (Å²) in [5.74, 6) is -2.62. The van der Waals surface area contributed by atoms with Crippen molar-refractivity contribution in [1.82, 2.24) is 9.80 Å². The number of likely N-dealkylation sites (tertiary alicyclic amines) is 1. The third-order valence-electron chi connectivity index (χ3n) is 8.11. The van der Waals surface area contributed by atoms with Crippen LogP contribution >= 0.6 is 0 Å². The first kappa shape index (κ1) is 32.9. The zero-order chi connectivity index (χ0) is 32.4. The Morgan fingerprint density at radius 2 is 1.40 bits per heavy atom. The van der Waals surface area contributed by atoms with Gasteiger partial charge in [0.15, 0.2) is 0 Å². The van der Waals surface area contributed by atoms with Crippen LogP contribution in [0, 0.1) is 0 Å². The van der Waals surface area contributed by atoms with Crippen LogP contribution in [-0.2, 0) is 24.7 Å². The van der Waals surface area contributed by atoms with Crippen molar-refractivity contribution >= 4 is 29.5 Å². The van der Waals surface area contributed by atoms with Crippen LogP contribution in [0.15, 0.2) is 97.1 Å². The highest BCUT2D eigenvalue weighted by Gasteiger charge is 2.40. The van der Waals surface area contributed by atoms with Crippen LogP contribution in [0.1, 0.15) is 53.8 Å². The first-order chi connectivity index (χ1) is 21.6. The molecule has 2 aliphatic rings. The van der Waals surface area contributed by atoms with Gasteiger partial charge in [-0.1, -0.05) is 79.7 Å². The zero-order valence-electron chi connectivity index (χ0n) is 25.5. The van der Waals surface area contributed by atoms with E-state index in [9.17, 15) is 19.2 Å². The van der Waals surface area contributed by atoms with Gasteiger partial charge < -0.3 is 29.6 Å². The molecule has 1 fully saturated rings. The predicted molar refractivity (Wildman–Crippen MR) is 170 cm³/mol. The molecular formula is C35H39N3O7. The number of fused-ring (bicyclic) bond motifs is 1. The Balaban J connectivity index is 0.000000510. The van der Waals surface area contributed by atoms with Crippen LogP contribution in [0.5, 0.6) is 0 Å². The molecule has 5 rings (SSSR count). The highest BCUT2D eigenvalue weighted by atomic mass is 16.6. The number of carboxylic acids is 2. The van der Waals surface area contributed by atoms with Gasteiger partial charge in [0, 0.05) is 64.6 Å². The summed E-state index contributed by atoms with van der Waals surface area (Å²) >= 11 is 0. The Kier molecular flexibility index (Phi) is 11.1. The summed E-state index contributed by atoms with van der Waals surface area (Å²) in [6, 6.07) is 28.3. The number of carbonyl (C=O) groups is 4. The molecule has 1 saturated heterocycles. The van der Waals surface area contributed by atoms with E-state index >= 15 is 0 Å². The molecule has 45 heavy (non-hydrogen) atoms. The molecular weight excluding hydrogens is 574 g/mol. The summed E-state index contributed by atoms with van der Waals surface area (Å²) in [5.41, 5.74) is 3.33. The molecule has 0 aliphatic carbocycles. The van der Waals surface area contributed by atoms with Crippen molar-refractivity contribution < 1.29 is 34.1 Å². The number of carbonyl (C=O) groups excluding carboxylic acids is 2. The number of benzene rings is 3. The van der Waals surface area contributed by atoms with Crippen LogP contribution < -0.4 is 4.90 Å². The van der Waals surface area contributed by atoms with E-state index in [1.165, 1.54) is 0 Å². The molecule has 0 bridgehead atoms. The first-order valence-corrected chi connectivity index (χ1v) is 15.0. The van der Waals surface area contributed by atoms with Crippen LogP contribution in [0.4, 0.5) is 5.69 Å². The molecule has 0 radical (unpaired) electrons. The molecule has 10 heteroatoms.